The van der Waals surface area contributed by atoms with Crippen molar-refractivity contribution in [2.75, 3.05) is 6.54 Å². The van der Waals surface area contributed by atoms with Crippen LogP contribution in [0.5, 0.6) is 0 Å². The third kappa shape index (κ3) is 15.0. The average Bonchev–Trinajstić information content (AvgIpc) is 3.10. The normalized spacial score (nSPS) is 16.3. The Morgan fingerprint density at radius 3 is 2.00 bits per heavy atom. The van der Waals surface area contributed by atoms with Gasteiger partial charge in [-0.05, 0) is 57.8 Å². The van der Waals surface area contributed by atoms with Crippen molar-refractivity contribution in [3.63, 3.8) is 0 Å². The van der Waals surface area contributed by atoms with Crippen LogP contribution >= 0.6 is 0 Å². The Kier molecular flexibility index (Phi) is 17.8. The van der Waals surface area contributed by atoms with Crippen LogP contribution in [0.15, 0.2) is 18.6 Å². The number of hydrogen-bond acceptors (Lipinski definition) is 10. The Hall–Kier alpha value is -4.43. The molecule has 0 aromatic carbocycles. The summed E-state index contributed by atoms with van der Waals surface area (Å²) in [5, 5.41) is 13.3. The van der Waals surface area contributed by atoms with Gasteiger partial charge in [-0.3, -0.25) is 38.5 Å². The molecule has 52 heavy (non-hydrogen) atoms. The molecule has 1 aromatic rings. The Morgan fingerprint density at radius 1 is 0.808 bits per heavy atom. The SMILES string of the molecule is CC[C@H](NC(=O)[C@H](CC1CCCCC1)NC(=O)[C@@H](NC(=O)[C@H](CC(C)C)NC(=O)c1cnccn1)[C@H](C)CC)C(=O)C(=O)NCC(=O)OC(C)(C)C. The fraction of sp³-hybridized carbons (Fsp3) is 0.703. The van der Waals surface area contributed by atoms with E-state index in [0.29, 0.717) is 12.8 Å². The van der Waals surface area contributed by atoms with Gasteiger partial charge in [0.15, 0.2) is 0 Å². The summed E-state index contributed by atoms with van der Waals surface area (Å²) >= 11 is 0. The van der Waals surface area contributed by atoms with Gasteiger partial charge in [0.2, 0.25) is 23.5 Å². The van der Waals surface area contributed by atoms with Crippen LogP contribution in [0.3, 0.4) is 0 Å². The van der Waals surface area contributed by atoms with Gasteiger partial charge in [-0.15, -0.1) is 0 Å². The zero-order valence-corrected chi connectivity index (χ0v) is 32.0. The second kappa shape index (κ2) is 21.2. The highest BCUT2D eigenvalue weighted by molar-refractivity contribution is 6.38. The molecule has 15 nitrogen and oxygen atoms in total. The summed E-state index contributed by atoms with van der Waals surface area (Å²) < 4.78 is 5.17. The predicted octanol–water partition coefficient (Wildman–Crippen LogP) is 2.53. The zero-order chi connectivity index (χ0) is 39.0. The molecule has 0 bridgehead atoms. The molecule has 15 heteroatoms. The molecule has 0 unspecified atom stereocenters. The highest BCUT2D eigenvalue weighted by Crippen LogP contribution is 2.27. The van der Waals surface area contributed by atoms with Crippen LogP contribution in [-0.4, -0.2) is 87.6 Å². The molecule has 0 saturated heterocycles. The number of amides is 5. The summed E-state index contributed by atoms with van der Waals surface area (Å²) in [6.07, 6.45) is 10.1. The van der Waals surface area contributed by atoms with Crippen LogP contribution in [-0.2, 0) is 33.5 Å². The summed E-state index contributed by atoms with van der Waals surface area (Å²) in [4.78, 5) is 100. The number of nitrogens with zero attached hydrogens (tertiary/aromatic N) is 2. The first kappa shape index (κ1) is 43.7. The molecule has 1 heterocycles. The van der Waals surface area contributed by atoms with Gasteiger partial charge >= 0.3 is 5.97 Å². The predicted molar refractivity (Wildman–Crippen MR) is 193 cm³/mol. The van der Waals surface area contributed by atoms with E-state index in [1.165, 1.54) is 18.6 Å². The largest absolute Gasteiger partial charge is 0.459 e. The van der Waals surface area contributed by atoms with Gasteiger partial charge in [0.05, 0.1) is 12.2 Å². The Labute approximate surface area is 307 Å². The van der Waals surface area contributed by atoms with E-state index in [0.717, 1.165) is 32.1 Å². The van der Waals surface area contributed by atoms with Crippen LogP contribution < -0.4 is 26.6 Å². The van der Waals surface area contributed by atoms with Crippen LogP contribution in [0.4, 0.5) is 0 Å². The van der Waals surface area contributed by atoms with E-state index < -0.39 is 77.6 Å². The lowest BCUT2D eigenvalue weighted by atomic mass is 9.84. The molecule has 0 spiro atoms. The number of rotatable bonds is 19. The van der Waals surface area contributed by atoms with Crippen LogP contribution in [0.2, 0.25) is 0 Å². The molecule has 5 N–H and O–H groups in total. The third-order valence-corrected chi connectivity index (χ3v) is 8.92. The lowest BCUT2D eigenvalue weighted by Gasteiger charge is -2.31. The van der Waals surface area contributed by atoms with E-state index in [-0.39, 0.29) is 36.3 Å². The van der Waals surface area contributed by atoms with Crippen molar-refractivity contribution in [3.05, 3.63) is 24.3 Å². The minimum Gasteiger partial charge on any atom is -0.459 e. The summed E-state index contributed by atoms with van der Waals surface area (Å²) in [6.45, 7) is 13.6. The molecule has 1 aliphatic rings. The number of carbonyl (C=O) groups excluding carboxylic acids is 7. The number of ketones is 1. The minimum absolute atomic E-state index is 0.0194. The Balaban J connectivity index is 2.24. The maximum Gasteiger partial charge on any atom is 0.325 e. The van der Waals surface area contributed by atoms with Crippen molar-refractivity contribution in [3.8, 4) is 0 Å². The van der Waals surface area contributed by atoms with E-state index in [1.807, 2.05) is 20.8 Å². The van der Waals surface area contributed by atoms with Gasteiger partial charge in [-0.25, -0.2) is 4.98 Å². The molecule has 290 valence electrons. The highest BCUT2D eigenvalue weighted by atomic mass is 16.6. The molecule has 2 rings (SSSR count). The summed E-state index contributed by atoms with van der Waals surface area (Å²) in [7, 11) is 0. The number of nitrogens with one attached hydrogen (secondary N) is 5. The van der Waals surface area contributed by atoms with Crippen molar-refractivity contribution in [2.45, 2.75) is 143 Å². The molecule has 1 aromatic heterocycles. The molecular formula is C37H59N7O8. The summed E-state index contributed by atoms with van der Waals surface area (Å²) in [5.74, 6) is -5.26. The van der Waals surface area contributed by atoms with E-state index in [4.69, 9.17) is 4.74 Å². The number of ether oxygens (including phenoxy) is 1. The number of Topliss-reactive ketones (excluding diaryl/α,β-unsaturated/α-hetero) is 1. The lowest BCUT2D eigenvalue weighted by molar-refractivity contribution is -0.155. The number of aromatic nitrogens is 2. The maximum atomic E-state index is 14.0. The molecule has 1 saturated carbocycles. The van der Waals surface area contributed by atoms with Gasteiger partial charge in [0, 0.05) is 12.4 Å². The Bertz CT molecular complexity index is 1380. The number of carbonyl (C=O) groups is 7. The van der Waals surface area contributed by atoms with Crippen LogP contribution in [0.25, 0.3) is 0 Å². The van der Waals surface area contributed by atoms with Crippen molar-refractivity contribution >= 4 is 41.3 Å². The second-order valence-electron chi connectivity index (χ2n) is 15.0. The van der Waals surface area contributed by atoms with E-state index >= 15 is 0 Å². The first-order valence-corrected chi connectivity index (χ1v) is 18.5. The van der Waals surface area contributed by atoms with Gasteiger partial charge in [0.1, 0.15) is 36.0 Å². The molecule has 0 aliphatic heterocycles. The standard InChI is InChI=1S/C37H59N7O8/c1-9-23(5)30(44-33(48)26(18-22(3)4)42-34(49)28-20-38-16-17-39-28)35(50)43-27(19-24-14-12-11-13-15-24)32(47)41-25(10-2)31(46)36(51)40-21-29(45)52-37(6,7)8/h16-17,20,22-27,30H,9-15,18-19,21H2,1-8H3,(H,40,51)(H,41,47)(H,42,49)(H,43,50)(H,44,48)/t23-,25+,26+,27+,30+/m1/s1. The van der Waals surface area contributed by atoms with Gasteiger partial charge in [-0.2, -0.15) is 0 Å². The van der Waals surface area contributed by atoms with Crippen LogP contribution in [0.1, 0.15) is 124 Å². The molecular weight excluding hydrogens is 670 g/mol. The molecule has 0 radical (unpaired) electrons. The molecule has 1 fully saturated rings. The second-order valence-corrected chi connectivity index (χ2v) is 15.0. The monoisotopic (exact) mass is 729 g/mol. The topological polar surface area (TPSA) is 215 Å². The van der Waals surface area contributed by atoms with Crippen molar-refractivity contribution in [1.82, 2.24) is 36.6 Å². The van der Waals surface area contributed by atoms with Crippen molar-refractivity contribution < 1.29 is 38.3 Å². The van der Waals surface area contributed by atoms with E-state index in [1.54, 1.807) is 34.6 Å². The van der Waals surface area contributed by atoms with Crippen LogP contribution in [0, 0.1) is 17.8 Å². The fourth-order valence-corrected chi connectivity index (χ4v) is 5.96. The van der Waals surface area contributed by atoms with E-state index in [2.05, 4.69) is 36.6 Å². The number of hydrogen-bond donors (Lipinski definition) is 5. The number of esters is 1. The first-order chi connectivity index (χ1) is 24.4. The molecule has 5 atom stereocenters. The van der Waals surface area contributed by atoms with E-state index in [9.17, 15) is 33.6 Å². The quantitative estimate of drug-likeness (QED) is 0.104. The minimum atomic E-state index is -1.21. The lowest BCUT2D eigenvalue weighted by Crippen LogP contribution is -2.60. The first-order valence-electron chi connectivity index (χ1n) is 18.5. The fourth-order valence-electron chi connectivity index (χ4n) is 5.96. The Morgan fingerprint density at radius 2 is 1.44 bits per heavy atom. The summed E-state index contributed by atoms with van der Waals surface area (Å²) in [6, 6.07) is -4.30. The smallest absolute Gasteiger partial charge is 0.325 e. The van der Waals surface area contributed by atoms with Crippen molar-refractivity contribution in [1.29, 1.82) is 0 Å². The average molecular weight is 730 g/mol. The highest BCUT2D eigenvalue weighted by Gasteiger charge is 2.35. The van der Waals surface area contributed by atoms with Gasteiger partial charge in [0.25, 0.3) is 11.8 Å². The van der Waals surface area contributed by atoms with Crippen molar-refractivity contribution in [2.24, 2.45) is 17.8 Å². The zero-order valence-electron chi connectivity index (χ0n) is 32.0. The van der Waals surface area contributed by atoms with Gasteiger partial charge < -0.3 is 31.3 Å². The third-order valence-electron chi connectivity index (χ3n) is 8.92. The maximum absolute atomic E-state index is 14.0. The molecule has 5 amide bonds. The van der Waals surface area contributed by atoms with Gasteiger partial charge in [-0.1, -0.05) is 73.1 Å². The summed E-state index contributed by atoms with van der Waals surface area (Å²) in [5.41, 5.74) is -0.731. The molecule has 1 aliphatic carbocycles.